The van der Waals surface area contributed by atoms with E-state index >= 15 is 0 Å². The lowest BCUT2D eigenvalue weighted by molar-refractivity contribution is -0.137. The van der Waals surface area contributed by atoms with Crippen molar-refractivity contribution in [3.8, 4) is 11.3 Å². The summed E-state index contributed by atoms with van der Waals surface area (Å²) in [6.45, 7) is 10.0. The highest BCUT2D eigenvalue weighted by Crippen LogP contribution is 2.55. The maximum Gasteiger partial charge on any atom is 0.416 e. The topological polar surface area (TPSA) is 42.9 Å². The molecular weight excluding hydrogens is 487 g/mol. The van der Waals surface area contributed by atoms with Crippen LogP contribution in [0.1, 0.15) is 19.4 Å². The van der Waals surface area contributed by atoms with Crippen LogP contribution in [0.2, 0.25) is 0 Å². The van der Waals surface area contributed by atoms with Gasteiger partial charge in [-0.2, -0.15) is 13.2 Å². The summed E-state index contributed by atoms with van der Waals surface area (Å²) in [6.07, 6.45) is -1.38. The summed E-state index contributed by atoms with van der Waals surface area (Å²) in [6, 6.07) is 11.2. The summed E-state index contributed by atoms with van der Waals surface area (Å²) in [5.74, 6) is -3.40. The van der Waals surface area contributed by atoms with E-state index in [9.17, 15) is 17.7 Å². The van der Waals surface area contributed by atoms with Gasteiger partial charge >= 0.3 is 6.18 Å². The molecule has 3 nitrogen and oxygen atoms in total. The van der Waals surface area contributed by atoms with Crippen LogP contribution in [0, 0.1) is 0 Å². The van der Waals surface area contributed by atoms with Crippen molar-refractivity contribution in [3.05, 3.63) is 79.6 Å². The lowest BCUT2D eigenvalue weighted by atomic mass is 10.2. The van der Waals surface area contributed by atoms with Crippen molar-refractivity contribution in [2.75, 3.05) is 0 Å². The van der Waals surface area contributed by atoms with Gasteiger partial charge in [0, 0.05) is 28.2 Å². The van der Waals surface area contributed by atoms with Crippen LogP contribution in [0.15, 0.2) is 84.0 Å². The molecule has 0 N–H and O–H groups in total. The van der Waals surface area contributed by atoms with Crippen molar-refractivity contribution >= 4 is 45.4 Å². The number of rotatable bonds is 4. The van der Waals surface area contributed by atoms with Gasteiger partial charge in [-0.15, -0.1) is 13.2 Å². The van der Waals surface area contributed by atoms with Gasteiger partial charge in [0.05, 0.1) is 5.56 Å². The zero-order valence-corrected chi connectivity index (χ0v) is 20.0. The molecule has 0 bridgehead atoms. The molecule has 2 aromatic carbocycles. The Morgan fingerprint density at radius 2 is 1.42 bits per heavy atom. The summed E-state index contributed by atoms with van der Waals surface area (Å²) in [4.78, 5) is 9.15. The maximum absolute atomic E-state index is 12.7. The first-order valence-electron chi connectivity index (χ1n) is 8.91. The van der Waals surface area contributed by atoms with E-state index in [4.69, 9.17) is 22.5 Å². The Morgan fingerprint density at radius 1 is 0.903 bits per heavy atom. The molecule has 3 rings (SSSR count). The third-order valence-electron chi connectivity index (χ3n) is 3.50. The first-order valence-corrected chi connectivity index (χ1v) is 13.2. The van der Waals surface area contributed by atoms with E-state index in [-0.39, 0.29) is 0 Å². The number of hydrogen-bond donors (Lipinski definition) is 0. The van der Waals surface area contributed by atoms with Crippen molar-refractivity contribution in [1.82, 2.24) is 9.97 Å². The summed E-state index contributed by atoms with van der Waals surface area (Å²) in [7, 11) is 0. The van der Waals surface area contributed by atoms with Gasteiger partial charge in [-0.1, -0.05) is 37.7 Å². The van der Waals surface area contributed by atoms with Crippen molar-refractivity contribution in [1.29, 1.82) is 0 Å². The molecule has 0 aliphatic carbocycles. The van der Waals surface area contributed by atoms with Crippen molar-refractivity contribution in [3.63, 3.8) is 0 Å². The zero-order chi connectivity index (χ0) is 23.7. The lowest BCUT2D eigenvalue weighted by Gasteiger charge is -2.10. The van der Waals surface area contributed by atoms with Crippen LogP contribution in [0.4, 0.5) is 13.2 Å². The van der Waals surface area contributed by atoms with Gasteiger partial charge in [-0.05, 0) is 58.9 Å². The summed E-state index contributed by atoms with van der Waals surface area (Å²) in [5.41, 5.74) is 0.504. The average Bonchev–Trinajstić information content (AvgIpc) is 2.76. The standard InChI is InChI=1S/C17H10Cl2F3N2OPS.C2H6.C2H4/c18-26(19,25)13-5-1-11(2-6-13)15-16(24-10-9-23-15)27-14-7-3-12(4-8-14)17(20,21)22;2*1-2/h1-10H;1-2H3;1-2H2. The monoisotopic (exact) mass is 506 g/mol. The Morgan fingerprint density at radius 3 is 1.90 bits per heavy atom. The van der Waals surface area contributed by atoms with Gasteiger partial charge in [0.1, 0.15) is 10.7 Å². The van der Waals surface area contributed by atoms with E-state index in [1.807, 2.05) is 13.8 Å². The zero-order valence-electron chi connectivity index (χ0n) is 16.7. The van der Waals surface area contributed by atoms with Gasteiger partial charge in [0.15, 0.2) is 0 Å². The first kappa shape index (κ1) is 27.2. The summed E-state index contributed by atoms with van der Waals surface area (Å²) < 4.78 is 49.7. The molecule has 10 heteroatoms. The van der Waals surface area contributed by atoms with Crippen LogP contribution < -0.4 is 5.30 Å². The number of halogens is 5. The van der Waals surface area contributed by atoms with Crippen molar-refractivity contribution in [2.45, 2.75) is 29.9 Å². The van der Waals surface area contributed by atoms with Gasteiger partial charge in [-0.3, -0.25) is 9.55 Å². The second-order valence-corrected chi connectivity index (χ2v) is 11.2. The molecule has 1 aromatic heterocycles. The molecule has 0 atom stereocenters. The smallest absolute Gasteiger partial charge is 0.284 e. The highest BCUT2D eigenvalue weighted by Gasteiger charge is 2.30. The van der Waals surface area contributed by atoms with Crippen LogP contribution in [0.5, 0.6) is 0 Å². The molecule has 166 valence electrons. The van der Waals surface area contributed by atoms with Crippen LogP contribution in [-0.2, 0) is 10.7 Å². The predicted octanol–water partition coefficient (Wildman–Crippen LogP) is 8.44. The number of benzene rings is 2. The Balaban J connectivity index is 0.00000113. The molecule has 0 fully saturated rings. The van der Waals surface area contributed by atoms with E-state index in [0.29, 0.717) is 26.5 Å². The second-order valence-electron chi connectivity index (χ2n) is 5.34. The minimum absolute atomic E-state index is 0.301. The quantitative estimate of drug-likeness (QED) is 0.263. The van der Waals surface area contributed by atoms with Crippen LogP contribution in [-0.4, -0.2) is 9.97 Å². The van der Waals surface area contributed by atoms with Gasteiger partial charge in [-0.25, -0.2) is 4.98 Å². The first-order chi connectivity index (χ1) is 14.6. The molecular formula is C21H20Cl2F3N2OPS. The Hall–Kier alpha value is -1.79. The lowest BCUT2D eigenvalue weighted by Crippen LogP contribution is -2.03. The van der Waals surface area contributed by atoms with E-state index < -0.39 is 17.6 Å². The Kier molecular flexibility index (Phi) is 10.8. The fraction of sp³-hybridized carbons (Fsp3) is 0.143. The predicted molar refractivity (Wildman–Crippen MR) is 125 cm³/mol. The molecule has 31 heavy (non-hydrogen) atoms. The van der Waals surface area contributed by atoms with E-state index in [1.54, 1.807) is 12.1 Å². The fourth-order valence-corrected chi connectivity index (χ4v) is 4.26. The molecule has 0 aliphatic heterocycles. The molecule has 1 heterocycles. The number of nitrogens with zero attached hydrogens (tertiary/aromatic N) is 2. The molecule has 0 radical (unpaired) electrons. The van der Waals surface area contributed by atoms with Gasteiger partial charge < -0.3 is 0 Å². The van der Waals surface area contributed by atoms with Crippen LogP contribution >= 0.6 is 40.1 Å². The average molecular weight is 507 g/mol. The highest BCUT2D eigenvalue weighted by molar-refractivity contribution is 8.13. The molecule has 0 saturated carbocycles. The third-order valence-corrected chi connectivity index (χ3v) is 6.57. The minimum Gasteiger partial charge on any atom is -0.284 e. The molecule has 0 saturated heterocycles. The van der Waals surface area contributed by atoms with Crippen molar-refractivity contribution < 1.29 is 17.7 Å². The summed E-state index contributed by atoms with van der Waals surface area (Å²) >= 11 is 12.5. The second kappa shape index (κ2) is 12.3. The van der Waals surface area contributed by atoms with E-state index in [2.05, 4.69) is 23.1 Å². The highest BCUT2D eigenvalue weighted by atomic mass is 35.9. The van der Waals surface area contributed by atoms with Gasteiger partial charge in [0.2, 0.25) is 0 Å². The van der Waals surface area contributed by atoms with E-state index in [1.165, 1.54) is 48.4 Å². The molecule has 3 aromatic rings. The molecule has 0 unspecified atom stereocenters. The molecule has 0 amide bonds. The van der Waals surface area contributed by atoms with Gasteiger partial charge in [0.25, 0.3) is 5.85 Å². The Bertz CT molecular complexity index is 1010. The van der Waals surface area contributed by atoms with Crippen LogP contribution in [0.25, 0.3) is 11.3 Å². The maximum atomic E-state index is 12.7. The Labute approximate surface area is 193 Å². The number of hydrogen-bond acceptors (Lipinski definition) is 4. The number of alkyl halides is 3. The van der Waals surface area contributed by atoms with E-state index in [0.717, 1.165) is 12.1 Å². The number of aromatic nitrogens is 2. The van der Waals surface area contributed by atoms with Crippen LogP contribution in [0.3, 0.4) is 0 Å². The SMILES string of the molecule is C=C.CC.O=P(Cl)(Cl)c1ccc(-c2nccnc2Sc2ccc(C(F)(F)F)cc2)cc1. The van der Waals surface area contributed by atoms with Crippen molar-refractivity contribution in [2.24, 2.45) is 0 Å². The molecule has 0 spiro atoms. The summed E-state index contributed by atoms with van der Waals surface area (Å²) in [5, 5.41) is 0.820. The fourth-order valence-electron chi connectivity index (χ4n) is 2.21. The molecule has 0 aliphatic rings. The minimum atomic E-state index is -4.38. The normalized spacial score (nSPS) is 10.9. The largest absolute Gasteiger partial charge is 0.416 e. The third kappa shape index (κ3) is 8.00.